The number of nitrogens with zero attached hydrogens (tertiary/aromatic N) is 4. The van der Waals surface area contributed by atoms with Gasteiger partial charge in [-0.2, -0.15) is 14.7 Å². The van der Waals surface area contributed by atoms with Crippen LogP contribution < -0.4 is 15.3 Å². The molecule has 1 atom stereocenters. The number of nitrogen functional groups attached to an aromatic ring is 1. The lowest BCUT2D eigenvalue weighted by molar-refractivity contribution is 0.106. The lowest BCUT2D eigenvalue weighted by Gasteiger charge is -2.20. The summed E-state index contributed by atoms with van der Waals surface area (Å²) in [6.07, 6.45) is 1.41. The van der Waals surface area contributed by atoms with Crippen molar-refractivity contribution in [3.63, 3.8) is 0 Å². The van der Waals surface area contributed by atoms with Crippen LogP contribution in [-0.2, 0) is 13.6 Å². The van der Waals surface area contributed by atoms with Crippen molar-refractivity contribution in [2.75, 3.05) is 44.8 Å². The van der Waals surface area contributed by atoms with Gasteiger partial charge in [0.05, 0.1) is 37.7 Å². The van der Waals surface area contributed by atoms with Gasteiger partial charge in [0, 0.05) is 0 Å². The Hall–Kier alpha value is -1.59. The lowest BCUT2D eigenvalue weighted by atomic mass is 10.5. The number of imidazole rings is 1. The summed E-state index contributed by atoms with van der Waals surface area (Å²) < 4.78 is 29.4. The minimum Gasteiger partial charge on any atom is -0.479 e. The van der Waals surface area contributed by atoms with E-state index in [-0.39, 0.29) is 49.0 Å². The van der Waals surface area contributed by atoms with Crippen molar-refractivity contribution in [2.24, 2.45) is 0 Å². The van der Waals surface area contributed by atoms with E-state index < -0.39 is 7.60 Å². The Balaban J connectivity index is 2.02. The topological polar surface area (TPSA) is 144 Å². The third-order valence-electron chi connectivity index (χ3n) is 3.27. The zero-order valence-corrected chi connectivity index (χ0v) is 17.1. The largest absolute Gasteiger partial charge is 0.479 e. The molecule has 2 aromatic heterocycles. The van der Waals surface area contributed by atoms with E-state index in [1.54, 1.807) is 13.8 Å². The number of thioether (sulfide) groups is 1. The van der Waals surface area contributed by atoms with Gasteiger partial charge in [-0.15, -0.1) is 11.8 Å². The first-order valence-corrected chi connectivity index (χ1v) is 11.0. The van der Waals surface area contributed by atoms with Crippen molar-refractivity contribution < 1.29 is 28.3 Å². The third-order valence-corrected chi connectivity index (χ3v) is 7.19. The zero-order valence-electron chi connectivity index (χ0n) is 15.4. The van der Waals surface area contributed by atoms with Gasteiger partial charge in [-0.05, 0) is 13.8 Å². The molecule has 2 heterocycles. The molecule has 27 heavy (non-hydrogen) atoms. The van der Waals surface area contributed by atoms with Gasteiger partial charge in [-0.3, -0.25) is 4.57 Å². The summed E-state index contributed by atoms with van der Waals surface area (Å²) in [6, 6.07) is 0. The summed E-state index contributed by atoms with van der Waals surface area (Å²) in [5.41, 5.74) is 6.51. The van der Waals surface area contributed by atoms with E-state index in [1.165, 1.54) is 29.9 Å². The van der Waals surface area contributed by atoms with Gasteiger partial charge < -0.3 is 29.5 Å². The normalized spacial score (nSPS) is 13.0. The Morgan fingerprint density at radius 2 is 2.04 bits per heavy atom. The fourth-order valence-corrected chi connectivity index (χ4v) is 5.42. The van der Waals surface area contributed by atoms with Crippen molar-refractivity contribution in [3.05, 3.63) is 6.33 Å². The summed E-state index contributed by atoms with van der Waals surface area (Å²) in [6.45, 7) is 3.97. The minimum atomic E-state index is -3.20. The zero-order chi connectivity index (χ0) is 19.9. The predicted octanol–water partition coefficient (Wildman–Crippen LogP) is 1.16. The molecule has 0 saturated carbocycles. The quantitative estimate of drug-likeness (QED) is 0.476. The van der Waals surface area contributed by atoms with E-state index in [0.29, 0.717) is 11.2 Å². The van der Waals surface area contributed by atoms with E-state index in [0.717, 1.165) is 0 Å². The molecule has 11 nitrogen and oxygen atoms in total. The monoisotopic (exact) mass is 421 g/mol. The number of nitrogens with two attached hydrogens (primary N) is 1. The molecule has 152 valence electrons. The maximum Gasteiger partial charge on any atom is 0.340 e. The van der Waals surface area contributed by atoms with Crippen molar-refractivity contribution in [1.82, 2.24) is 19.7 Å². The van der Waals surface area contributed by atoms with Crippen molar-refractivity contribution in [3.8, 4) is 5.88 Å². The van der Waals surface area contributed by atoms with Crippen molar-refractivity contribution >= 4 is 36.5 Å². The number of aromatic nitrogens is 4. The highest BCUT2D eigenvalue weighted by Gasteiger charge is 2.26. The van der Waals surface area contributed by atoms with Crippen LogP contribution in [0.1, 0.15) is 13.8 Å². The van der Waals surface area contributed by atoms with Crippen LogP contribution in [0, 0.1) is 0 Å². The molecular formula is C14H24N5O6PS. The van der Waals surface area contributed by atoms with Gasteiger partial charge >= 0.3 is 7.60 Å². The molecule has 0 radical (unpaired) electrons. The molecule has 0 bridgehead atoms. The number of aliphatic hydroxyl groups is 1. The molecule has 2 aromatic rings. The Labute approximate surface area is 161 Å². The van der Waals surface area contributed by atoms with Crippen LogP contribution in [0.4, 0.5) is 5.95 Å². The number of fused-ring (bicyclic) bond motifs is 1. The van der Waals surface area contributed by atoms with E-state index in [2.05, 4.69) is 15.0 Å². The van der Waals surface area contributed by atoms with Gasteiger partial charge in [0.25, 0.3) is 0 Å². The van der Waals surface area contributed by atoms with Crippen LogP contribution in [0.2, 0.25) is 0 Å². The standard InChI is InChI=1S/C14H24N5O6PS/c1-4-24-26(21,25-5-2)9-27-10(6-20)7-23-19-8-16-11-12(19)17-14(15)18-13(11)22-3/h8,10,20H,4-7,9H2,1-3H3,(H2,15,17,18)/t10-/m0/s1. The number of rotatable bonds is 12. The second-order valence-electron chi connectivity index (χ2n) is 5.18. The summed E-state index contributed by atoms with van der Waals surface area (Å²) in [7, 11) is -1.75. The number of methoxy groups -OCH3 is 1. The molecule has 0 unspecified atom stereocenters. The lowest BCUT2D eigenvalue weighted by Crippen LogP contribution is -2.25. The molecule has 0 spiro atoms. The highest BCUT2D eigenvalue weighted by molar-refractivity contribution is 8.05. The molecule has 2 rings (SSSR count). The molecule has 3 N–H and O–H groups in total. The number of hydrogen-bond donors (Lipinski definition) is 2. The molecular weight excluding hydrogens is 397 g/mol. The smallest absolute Gasteiger partial charge is 0.340 e. The fraction of sp³-hybridized carbons (Fsp3) is 0.643. The first-order chi connectivity index (χ1) is 13.0. The minimum absolute atomic E-state index is 0.0205. The van der Waals surface area contributed by atoms with Crippen molar-refractivity contribution in [2.45, 2.75) is 19.1 Å². The second kappa shape index (κ2) is 10.1. The van der Waals surface area contributed by atoms with Crippen LogP contribution in [0.3, 0.4) is 0 Å². The fourth-order valence-electron chi connectivity index (χ4n) is 2.13. The van der Waals surface area contributed by atoms with Gasteiger partial charge in [0.2, 0.25) is 17.5 Å². The second-order valence-corrected chi connectivity index (χ2v) is 8.95. The third kappa shape index (κ3) is 5.69. The molecule has 0 aliphatic heterocycles. The highest BCUT2D eigenvalue weighted by Crippen LogP contribution is 2.51. The number of hydrogen-bond acceptors (Lipinski definition) is 11. The number of ether oxygens (including phenoxy) is 1. The van der Waals surface area contributed by atoms with Gasteiger partial charge in [-0.1, -0.05) is 0 Å². The molecule has 13 heteroatoms. The average Bonchev–Trinajstić information content (AvgIpc) is 3.04. The summed E-state index contributed by atoms with van der Waals surface area (Å²) >= 11 is 1.24. The van der Waals surface area contributed by atoms with Crippen LogP contribution in [0.25, 0.3) is 11.2 Å². The van der Waals surface area contributed by atoms with E-state index >= 15 is 0 Å². The number of anilines is 1. The molecule has 0 aromatic carbocycles. The van der Waals surface area contributed by atoms with Crippen LogP contribution in [0.5, 0.6) is 5.88 Å². The Bertz CT molecular complexity index is 781. The van der Waals surface area contributed by atoms with Gasteiger partial charge in [0.1, 0.15) is 12.9 Å². The average molecular weight is 421 g/mol. The Morgan fingerprint density at radius 1 is 1.33 bits per heavy atom. The molecule has 0 amide bonds. The molecule has 0 saturated heterocycles. The Morgan fingerprint density at radius 3 is 2.63 bits per heavy atom. The van der Waals surface area contributed by atoms with Crippen LogP contribution in [-0.4, -0.2) is 69.1 Å². The summed E-state index contributed by atoms with van der Waals surface area (Å²) in [5.74, 6) is 0.259. The Kier molecular flexibility index (Phi) is 8.11. The highest BCUT2D eigenvalue weighted by atomic mass is 32.2. The maximum atomic E-state index is 12.5. The van der Waals surface area contributed by atoms with E-state index in [4.69, 9.17) is 24.4 Å². The van der Waals surface area contributed by atoms with Gasteiger partial charge in [-0.25, -0.2) is 4.98 Å². The van der Waals surface area contributed by atoms with Crippen molar-refractivity contribution in [1.29, 1.82) is 0 Å². The van der Waals surface area contributed by atoms with E-state index in [1.807, 2.05) is 0 Å². The van der Waals surface area contributed by atoms with Crippen LogP contribution in [0.15, 0.2) is 6.33 Å². The first-order valence-electron chi connectivity index (χ1n) is 8.24. The first kappa shape index (κ1) is 21.7. The SMILES string of the molecule is CCOP(=O)(CS[C@@H](CO)COn1cnc2c(OC)nc(N)nc21)OCC. The van der Waals surface area contributed by atoms with Gasteiger partial charge in [0.15, 0.2) is 5.52 Å². The molecule has 0 aliphatic carbocycles. The molecule has 0 fully saturated rings. The summed E-state index contributed by atoms with van der Waals surface area (Å²) in [4.78, 5) is 17.8. The predicted molar refractivity (Wildman–Crippen MR) is 102 cm³/mol. The number of aliphatic hydroxyl groups excluding tert-OH is 1. The van der Waals surface area contributed by atoms with E-state index in [9.17, 15) is 9.67 Å². The van der Waals surface area contributed by atoms with Crippen LogP contribution >= 0.6 is 19.4 Å². The summed E-state index contributed by atoms with van der Waals surface area (Å²) in [5, 5.41) is 9.23. The maximum absolute atomic E-state index is 12.5. The molecule has 0 aliphatic rings.